The molecule has 3 N–H and O–H groups in total. The van der Waals surface area contributed by atoms with Crippen LogP contribution >= 0.6 is 18.7 Å². The molecule has 0 aliphatic carbocycles. The molecule has 4 fully saturated rings. The number of anilines is 5. The van der Waals surface area contributed by atoms with E-state index < -0.39 is 36.8 Å². The summed E-state index contributed by atoms with van der Waals surface area (Å²) in [6.07, 6.45) is 3.53. The quantitative estimate of drug-likeness (QED) is 0.121. The number of halogens is 1. The Balaban J connectivity index is 0.698. The topological polar surface area (TPSA) is 219 Å². The van der Waals surface area contributed by atoms with Crippen LogP contribution in [0.4, 0.5) is 28.8 Å². The third kappa shape index (κ3) is 10.9. The smallest absolute Gasteiger partial charge is 0.266 e. The molecule has 3 aromatic carbocycles. The number of rotatable bonds is 14. The minimum absolute atomic E-state index is 0.00684. The number of amides is 6. The van der Waals surface area contributed by atoms with Crippen LogP contribution in [0, 0.1) is 0 Å². The predicted molar refractivity (Wildman–Crippen MR) is 267 cm³/mol. The van der Waals surface area contributed by atoms with Crippen LogP contribution in [0.1, 0.15) is 46.4 Å². The third-order valence-electron chi connectivity index (χ3n) is 13.8. The molecule has 22 heteroatoms. The van der Waals surface area contributed by atoms with Gasteiger partial charge >= 0.3 is 0 Å². The van der Waals surface area contributed by atoms with E-state index in [0.717, 1.165) is 49.6 Å². The van der Waals surface area contributed by atoms with Gasteiger partial charge < -0.3 is 39.4 Å². The van der Waals surface area contributed by atoms with Crippen LogP contribution in [0.25, 0.3) is 0 Å². The Bertz CT molecular complexity index is 2790. The SMILES string of the molecule is COc1cc(N2CCC(N3CCN(C(=O)CN4CCN(C(=O)COc5cccc6c5C(=O)N(C5CCC(=O)NC5=O)C6=O)CC4)CC3)CC2)ccc1Nc1ncc(Cl)c(Nc2ccccc2P(C)(C)=O)n1. The summed E-state index contributed by atoms with van der Waals surface area (Å²) in [4.78, 5) is 97.8. The molecule has 9 rings (SSSR count). The van der Waals surface area contributed by atoms with Crippen LogP contribution < -0.4 is 35.6 Å². The first-order valence-corrected chi connectivity index (χ1v) is 26.8. The molecule has 1 unspecified atom stereocenters. The summed E-state index contributed by atoms with van der Waals surface area (Å²) < 4.78 is 24.6. The van der Waals surface area contributed by atoms with Crippen molar-refractivity contribution in [1.82, 2.24) is 39.8 Å². The Morgan fingerprint density at radius 3 is 2.24 bits per heavy atom. The molecular formula is C49H57ClN11O9P. The van der Waals surface area contributed by atoms with Crippen molar-refractivity contribution in [3.05, 3.63) is 83.0 Å². The number of fused-ring (bicyclic) bond motifs is 1. The van der Waals surface area contributed by atoms with E-state index in [9.17, 15) is 33.3 Å². The van der Waals surface area contributed by atoms with Crippen molar-refractivity contribution in [2.45, 2.75) is 37.8 Å². The maximum absolute atomic E-state index is 13.5. The average Bonchev–Trinajstić information content (AvgIpc) is 3.62. The van der Waals surface area contributed by atoms with Gasteiger partial charge in [-0.1, -0.05) is 29.8 Å². The maximum Gasteiger partial charge on any atom is 0.266 e. The lowest BCUT2D eigenvalue weighted by atomic mass is 10.0. The van der Waals surface area contributed by atoms with Crippen LogP contribution in [0.5, 0.6) is 11.5 Å². The Morgan fingerprint density at radius 1 is 0.803 bits per heavy atom. The lowest BCUT2D eigenvalue weighted by molar-refractivity contribution is -0.138. The summed E-state index contributed by atoms with van der Waals surface area (Å²) in [6, 6.07) is 17.2. The Morgan fingerprint density at radius 2 is 1.52 bits per heavy atom. The van der Waals surface area contributed by atoms with E-state index in [0.29, 0.717) is 84.5 Å². The number of methoxy groups -OCH3 is 1. The lowest BCUT2D eigenvalue weighted by Gasteiger charge is -2.43. The summed E-state index contributed by atoms with van der Waals surface area (Å²) in [6.45, 7) is 9.88. The van der Waals surface area contributed by atoms with Crippen LogP contribution in [0.3, 0.4) is 0 Å². The molecule has 0 saturated carbocycles. The van der Waals surface area contributed by atoms with Crippen molar-refractivity contribution in [3.8, 4) is 11.5 Å². The van der Waals surface area contributed by atoms with E-state index >= 15 is 0 Å². The second-order valence-electron chi connectivity index (χ2n) is 18.6. The maximum atomic E-state index is 13.5. The lowest BCUT2D eigenvalue weighted by Crippen LogP contribution is -2.57. The minimum Gasteiger partial charge on any atom is -0.494 e. The van der Waals surface area contributed by atoms with E-state index in [1.807, 2.05) is 41.3 Å². The van der Waals surface area contributed by atoms with Gasteiger partial charge in [0.25, 0.3) is 17.7 Å². The summed E-state index contributed by atoms with van der Waals surface area (Å²) in [7, 11) is -0.946. The number of carbonyl (C=O) groups excluding carboxylic acids is 6. The number of piperidine rings is 2. The van der Waals surface area contributed by atoms with Crippen molar-refractivity contribution in [3.63, 3.8) is 0 Å². The molecule has 20 nitrogen and oxygen atoms in total. The van der Waals surface area contributed by atoms with Crippen molar-refractivity contribution in [2.75, 3.05) is 115 Å². The number of ether oxygens (including phenoxy) is 2. The van der Waals surface area contributed by atoms with Gasteiger partial charge in [0.1, 0.15) is 29.7 Å². The number of nitrogens with zero attached hydrogens (tertiary/aromatic N) is 8. The first kappa shape index (κ1) is 49.4. The fourth-order valence-electron chi connectivity index (χ4n) is 9.90. The summed E-state index contributed by atoms with van der Waals surface area (Å²) in [5.74, 6) is -1.34. The zero-order chi connectivity index (χ0) is 50.0. The number of imide groups is 2. The van der Waals surface area contributed by atoms with E-state index in [1.165, 1.54) is 18.3 Å². The van der Waals surface area contributed by atoms with E-state index in [1.54, 1.807) is 31.4 Å². The Kier molecular flexibility index (Phi) is 14.6. The number of piperazine rings is 2. The van der Waals surface area contributed by atoms with Crippen molar-refractivity contribution < 1.29 is 42.8 Å². The molecule has 4 saturated heterocycles. The number of carbonyl (C=O) groups is 6. The van der Waals surface area contributed by atoms with Crippen LogP contribution in [0.15, 0.2) is 66.9 Å². The fourth-order valence-corrected chi connectivity index (χ4v) is 11.2. The Labute approximate surface area is 416 Å². The predicted octanol–water partition coefficient (Wildman–Crippen LogP) is 3.61. The molecule has 4 aromatic rings. The van der Waals surface area contributed by atoms with Gasteiger partial charge in [-0.3, -0.25) is 48.8 Å². The van der Waals surface area contributed by atoms with E-state index in [2.05, 4.69) is 46.7 Å². The Hall–Kier alpha value is -6.60. The van der Waals surface area contributed by atoms with Gasteiger partial charge in [0, 0.05) is 95.0 Å². The van der Waals surface area contributed by atoms with Gasteiger partial charge in [-0.25, -0.2) is 4.98 Å². The summed E-state index contributed by atoms with van der Waals surface area (Å²) >= 11 is 6.49. The number of para-hydroxylation sites is 1. The summed E-state index contributed by atoms with van der Waals surface area (Å²) in [5.41, 5.74) is 2.47. The molecule has 1 aromatic heterocycles. The van der Waals surface area contributed by atoms with E-state index in [4.69, 9.17) is 21.1 Å². The number of hydrogen-bond acceptors (Lipinski definition) is 16. The fraction of sp³-hybridized carbons (Fsp3) is 0.429. The van der Waals surface area contributed by atoms with Gasteiger partial charge in [-0.05, 0) is 69.0 Å². The first-order chi connectivity index (χ1) is 34.1. The zero-order valence-electron chi connectivity index (χ0n) is 39.9. The molecule has 5 aliphatic rings. The van der Waals surface area contributed by atoms with E-state index in [-0.39, 0.29) is 54.7 Å². The highest BCUT2D eigenvalue weighted by Crippen LogP contribution is 2.39. The highest BCUT2D eigenvalue weighted by Gasteiger charge is 2.46. The van der Waals surface area contributed by atoms with Gasteiger partial charge in [0.15, 0.2) is 12.4 Å². The largest absolute Gasteiger partial charge is 0.494 e. The molecule has 374 valence electrons. The van der Waals surface area contributed by atoms with Gasteiger partial charge in [-0.15, -0.1) is 0 Å². The van der Waals surface area contributed by atoms with Crippen molar-refractivity contribution in [1.29, 1.82) is 0 Å². The monoisotopic (exact) mass is 1010 g/mol. The average molecular weight is 1010 g/mol. The normalized spacial score (nSPS) is 19.4. The van der Waals surface area contributed by atoms with Crippen LogP contribution in [-0.4, -0.2) is 181 Å². The third-order valence-corrected chi connectivity index (χ3v) is 15.6. The van der Waals surface area contributed by atoms with Crippen LogP contribution in [0.2, 0.25) is 5.02 Å². The number of nitrogens with one attached hydrogen (secondary N) is 3. The number of benzene rings is 3. The first-order valence-electron chi connectivity index (χ1n) is 23.8. The van der Waals surface area contributed by atoms with Crippen molar-refractivity contribution in [2.24, 2.45) is 0 Å². The van der Waals surface area contributed by atoms with Crippen LogP contribution in [-0.2, 0) is 23.7 Å². The molecule has 71 heavy (non-hydrogen) atoms. The van der Waals surface area contributed by atoms with Gasteiger partial charge in [0.2, 0.25) is 23.7 Å². The van der Waals surface area contributed by atoms with Gasteiger partial charge in [0.05, 0.1) is 42.4 Å². The number of hydrogen-bond donors (Lipinski definition) is 3. The second kappa shape index (κ2) is 21.0. The minimum atomic E-state index is -2.57. The van der Waals surface area contributed by atoms with Gasteiger partial charge in [-0.2, -0.15) is 4.98 Å². The van der Waals surface area contributed by atoms with Crippen molar-refractivity contribution >= 4 is 88.3 Å². The highest BCUT2D eigenvalue weighted by molar-refractivity contribution is 7.70. The molecule has 0 spiro atoms. The number of aromatic nitrogens is 2. The molecule has 6 amide bonds. The zero-order valence-corrected chi connectivity index (χ0v) is 41.5. The molecule has 1 atom stereocenters. The highest BCUT2D eigenvalue weighted by atomic mass is 35.5. The molecular weight excluding hydrogens is 953 g/mol. The second-order valence-corrected chi connectivity index (χ2v) is 22.2. The summed E-state index contributed by atoms with van der Waals surface area (Å²) in [5, 5.41) is 9.70. The molecule has 0 radical (unpaired) electrons. The molecule has 6 heterocycles. The standard InChI is InChI=1S/C49H57ClN11O9P/c1-69-39-27-32(11-12-35(39)53-49-51-28-34(50)45(55-49)52-36-8-4-5-10-40(36)71(2,3)68)57-17-15-31(16-18-57)58-23-25-59(26-24-58)42(63)29-56-19-21-60(22-20-56)43(64)30-70-38-9-6-7-33-44(38)48(67)61(47(33)66)37-13-14-41(62)54-46(37)65/h4-12,27-28,31,37H,13-26,29-30H2,1-3H3,(H,54,62,65)(H2,51,52,53,55). The molecule has 0 bridgehead atoms. The molecule has 5 aliphatic heterocycles.